The van der Waals surface area contributed by atoms with Crippen molar-refractivity contribution in [1.29, 1.82) is 0 Å². The molecule has 1 aliphatic rings. The van der Waals surface area contributed by atoms with Crippen molar-refractivity contribution in [2.24, 2.45) is 5.92 Å². The molecule has 0 atom stereocenters. The van der Waals surface area contributed by atoms with E-state index < -0.39 is 0 Å². The molecule has 1 heterocycles. The van der Waals surface area contributed by atoms with E-state index in [0.29, 0.717) is 6.10 Å². The maximum Gasteiger partial charge on any atom is 0.0519 e. The number of likely N-dealkylation sites (tertiary alicyclic amines) is 1. The van der Waals surface area contributed by atoms with Gasteiger partial charge < -0.3 is 9.64 Å². The van der Waals surface area contributed by atoms with Crippen molar-refractivity contribution >= 4 is 0 Å². The van der Waals surface area contributed by atoms with Gasteiger partial charge in [0.2, 0.25) is 0 Å². The third-order valence-electron chi connectivity index (χ3n) is 2.50. The molecule has 1 fully saturated rings. The summed E-state index contributed by atoms with van der Waals surface area (Å²) in [6.07, 6.45) is 3.01. The van der Waals surface area contributed by atoms with E-state index in [4.69, 9.17) is 4.74 Å². The first-order chi connectivity index (χ1) is 5.68. The van der Waals surface area contributed by atoms with Crippen molar-refractivity contribution in [2.75, 3.05) is 26.7 Å². The van der Waals surface area contributed by atoms with Gasteiger partial charge in [0.05, 0.1) is 6.10 Å². The van der Waals surface area contributed by atoms with Gasteiger partial charge in [0, 0.05) is 6.61 Å². The fourth-order valence-electron chi connectivity index (χ4n) is 1.56. The SMILES string of the molecule is CC(C)OCC1CCN(C)CC1. The predicted molar refractivity (Wildman–Crippen MR) is 51.3 cm³/mol. The highest BCUT2D eigenvalue weighted by Gasteiger charge is 2.16. The van der Waals surface area contributed by atoms with Gasteiger partial charge in [0.1, 0.15) is 0 Å². The Morgan fingerprint density at radius 2 is 1.92 bits per heavy atom. The standard InChI is InChI=1S/C10H21NO/c1-9(2)12-8-10-4-6-11(3)7-5-10/h9-10H,4-8H2,1-3H3. The molecule has 0 amide bonds. The summed E-state index contributed by atoms with van der Waals surface area (Å²) in [7, 11) is 2.19. The number of hydrogen-bond donors (Lipinski definition) is 0. The van der Waals surface area contributed by atoms with Crippen LogP contribution in [-0.2, 0) is 4.74 Å². The van der Waals surface area contributed by atoms with Crippen molar-refractivity contribution in [2.45, 2.75) is 32.8 Å². The van der Waals surface area contributed by atoms with Crippen LogP contribution in [0.2, 0.25) is 0 Å². The molecule has 0 radical (unpaired) electrons. The van der Waals surface area contributed by atoms with Gasteiger partial charge in [-0.05, 0) is 52.7 Å². The summed E-state index contributed by atoms with van der Waals surface area (Å²) in [4.78, 5) is 2.39. The quantitative estimate of drug-likeness (QED) is 0.641. The lowest BCUT2D eigenvalue weighted by Gasteiger charge is -2.29. The highest BCUT2D eigenvalue weighted by Crippen LogP contribution is 2.16. The lowest BCUT2D eigenvalue weighted by atomic mass is 9.98. The fourth-order valence-corrected chi connectivity index (χ4v) is 1.56. The molecule has 0 saturated carbocycles. The molecule has 0 spiro atoms. The zero-order valence-electron chi connectivity index (χ0n) is 8.55. The summed E-state index contributed by atoms with van der Waals surface area (Å²) in [6.45, 7) is 7.66. The minimum atomic E-state index is 0.393. The summed E-state index contributed by atoms with van der Waals surface area (Å²) >= 11 is 0. The van der Waals surface area contributed by atoms with Crippen LogP contribution in [0.3, 0.4) is 0 Å². The maximum atomic E-state index is 5.60. The summed E-state index contributed by atoms with van der Waals surface area (Å²) in [5.41, 5.74) is 0. The molecular formula is C10H21NO. The Morgan fingerprint density at radius 3 is 2.42 bits per heavy atom. The van der Waals surface area contributed by atoms with Gasteiger partial charge in [0.15, 0.2) is 0 Å². The highest BCUT2D eigenvalue weighted by molar-refractivity contribution is 4.69. The number of piperidine rings is 1. The molecule has 72 valence electrons. The molecule has 0 aromatic rings. The normalized spacial score (nSPS) is 22.0. The van der Waals surface area contributed by atoms with Gasteiger partial charge in [0.25, 0.3) is 0 Å². The monoisotopic (exact) mass is 171 g/mol. The highest BCUT2D eigenvalue weighted by atomic mass is 16.5. The van der Waals surface area contributed by atoms with Crippen molar-refractivity contribution in [3.63, 3.8) is 0 Å². The second-order valence-corrected chi connectivity index (χ2v) is 4.13. The van der Waals surface area contributed by atoms with Crippen LogP contribution in [0.25, 0.3) is 0 Å². The van der Waals surface area contributed by atoms with E-state index in [0.717, 1.165) is 12.5 Å². The van der Waals surface area contributed by atoms with Gasteiger partial charge in [-0.3, -0.25) is 0 Å². The van der Waals surface area contributed by atoms with Crippen LogP contribution in [0.15, 0.2) is 0 Å². The minimum absolute atomic E-state index is 0.393. The predicted octanol–water partition coefficient (Wildman–Crippen LogP) is 1.75. The Labute approximate surface area is 75.9 Å². The molecule has 0 aliphatic carbocycles. The van der Waals surface area contributed by atoms with Crippen molar-refractivity contribution in [3.8, 4) is 0 Å². The topological polar surface area (TPSA) is 12.5 Å². The molecular weight excluding hydrogens is 150 g/mol. The Hall–Kier alpha value is -0.0800. The van der Waals surface area contributed by atoms with Crippen LogP contribution in [0.5, 0.6) is 0 Å². The summed E-state index contributed by atoms with van der Waals surface area (Å²) in [5, 5.41) is 0. The third kappa shape index (κ3) is 3.55. The fraction of sp³-hybridized carbons (Fsp3) is 1.00. The van der Waals surface area contributed by atoms with Gasteiger partial charge in [-0.15, -0.1) is 0 Å². The first-order valence-electron chi connectivity index (χ1n) is 4.98. The van der Waals surface area contributed by atoms with Crippen LogP contribution < -0.4 is 0 Å². The van der Waals surface area contributed by atoms with E-state index in [1.165, 1.54) is 25.9 Å². The number of rotatable bonds is 3. The molecule has 0 aromatic heterocycles. The Morgan fingerprint density at radius 1 is 1.33 bits per heavy atom. The average molecular weight is 171 g/mol. The lowest BCUT2D eigenvalue weighted by Crippen LogP contribution is -2.32. The summed E-state index contributed by atoms with van der Waals surface area (Å²) in [6, 6.07) is 0. The molecule has 0 N–H and O–H groups in total. The molecule has 12 heavy (non-hydrogen) atoms. The third-order valence-corrected chi connectivity index (χ3v) is 2.50. The van der Waals surface area contributed by atoms with Crippen LogP contribution in [0, 0.1) is 5.92 Å². The van der Waals surface area contributed by atoms with Crippen LogP contribution >= 0.6 is 0 Å². The summed E-state index contributed by atoms with van der Waals surface area (Å²) in [5.74, 6) is 0.809. The van der Waals surface area contributed by atoms with Gasteiger partial charge in [-0.1, -0.05) is 0 Å². The van der Waals surface area contributed by atoms with E-state index in [9.17, 15) is 0 Å². The van der Waals surface area contributed by atoms with Crippen molar-refractivity contribution in [1.82, 2.24) is 4.90 Å². The van der Waals surface area contributed by atoms with Crippen molar-refractivity contribution < 1.29 is 4.74 Å². The lowest BCUT2D eigenvalue weighted by molar-refractivity contribution is 0.0335. The smallest absolute Gasteiger partial charge is 0.0519 e. The minimum Gasteiger partial charge on any atom is -0.379 e. The zero-order chi connectivity index (χ0) is 8.97. The van der Waals surface area contributed by atoms with Gasteiger partial charge >= 0.3 is 0 Å². The van der Waals surface area contributed by atoms with Crippen LogP contribution in [0.4, 0.5) is 0 Å². The molecule has 0 bridgehead atoms. The first kappa shape index (κ1) is 10.0. The molecule has 2 nitrogen and oxygen atoms in total. The molecule has 1 aliphatic heterocycles. The van der Waals surface area contributed by atoms with Crippen LogP contribution in [-0.4, -0.2) is 37.7 Å². The van der Waals surface area contributed by atoms with Gasteiger partial charge in [-0.25, -0.2) is 0 Å². The number of ether oxygens (including phenoxy) is 1. The summed E-state index contributed by atoms with van der Waals surface area (Å²) < 4.78 is 5.60. The molecule has 0 aromatic carbocycles. The zero-order valence-corrected chi connectivity index (χ0v) is 8.55. The Balaban J connectivity index is 2.09. The number of hydrogen-bond acceptors (Lipinski definition) is 2. The average Bonchev–Trinajstić information content (AvgIpc) is 2.03. The second kappa shape index (κ2) is 4.83. The Kier molecular flexibility index (Phi) is 4.02. The maximum absolute atomic E-state index is 5.60. The van der Waals surface area contributed by atoms with E-state index >= 15 is 0 Å². The molecule has 1 rings (SSSR count). The van der Waals surface area contributed by atoms with E-state index in [-0.39, 0.29) is 0 Å². The molecule has 1 saturated heterocycles. The van der Waals surface area contributed by atoms with Gasteiger partial charge in [-0.2, -0.15) is 0 Å². The molecule has 2 heteroatoms. The van der Waals surface area contributed by atoms with Crippen LogP contribution in [0.1, 0.15) is 26.7 Å². The van der Waals surface area contributed by atoms with E-state index in [1.807, 2.05) is 0 Å². The number of nitrogens with zero attached hydrogens (tertiary/aromatic N) is 1. The largest absolute Gasteiger partial charge is 0.379 e. The van der Waals surface area contributed by atoms with E-state index in [2.05, 4.69) is 25.8 Å². The Bertz CT molecular complexity index is 117. The molecule has 0 unspecified atom stereocenters. The second-order valence-electron chi connectivity index (χ2n) is 4.13. The van der Waals surface area contributed by atoms with Crippen molar-refractivity contribution in [3.05, 3.63) is 0 Å². The van der Waals surface area contributed by atoms with E-state index in [1.54, 1.807) is 0 Å². The first-order valence-corrected chi connectivity index (χ1v) is 4.98.